The van der Waals surface area contributed by atoms with Crippen LogP contribution in [0.3, 0.4) is 0 Å². The number of aliphatic imine (C=N–C) groups is 5. The minimum absolute atomic E-state index is 0.0735. The summed E-state index contributed by atoms with van der Waals surface area (Å²) < 4.78 is 41.6. The van der Waals surface area contributed by atoms with Gasteiger partial charge in [0.25, 0.3) is 0 Å². The van der Waals surface area contributed by atoms with Crippen molar-refractivity contribution >= 4 is 109 Å². The van der Waals surface area contributed by atoms with Gasteiger partial charge in [0.05, 0.1) is 43.7 Å². The number of nitrogens with zero attached hydrogens (tertiary/aromatic N) is 11. The summed E-state index contributed by atoms with van der Waals surface area (Å²) in [5.74, 6) is 3.96. The van der Waals surface area contributed by atoms with Crippen molar-refractivity contribution in [2.24, 2.45) is 42.2 Å². The number of rotatable bonds is 26. The molecule has 1 amide bonds. The van der Waals surface area contributed by atoms with Gasteiger partial charge in [0.1, 0.15) is 119 Å². The molecule has 20 atom stereocenters. The van der Waals surface area contributed by atoms with Gasteiger partial charge in [-0.3, -0.25) is 4.79 Å². The summed E-state index contributed by atoms with van der Waals surface area (Å²) >= 11 is 0. The highest BCUT2D eigenvalue weighted by Gasteiger charge is 2.52. The first-order valence-electron chi connectivity index (χ1n) is 42.0. The molecule has 0 aliphatic carbocycles. The van der Waals surface area contributed by atoms with E-state index in [-0.39, 0.29) is 29.5 Å². The number of likely N-dealkylation sites (N-methyl/N-ethyl adjacent to an activating group) is 1. The number of hydrogen-bond acceptors (Lipinski definition) is 32. The lowest BCUT2D eigenvalue weighted by Gasteiger charge is -2.37. The Labute approximate surface area is 745 Å². The molecule has 10 rings (SSSR count). The number of amides is 1. The number of ether oxygens (including phenoxy) is 6. The Morgan fingerprint density at radius 2 is 0.808 bits per heavy atom. The molecule has 10 heterocycles. The van der Waals surface area contributed by atoms with Crippen LogP contribution in [0.4, 0.5) is 0 Å². The highest BCUT2D eigenvalue weighted by molar-refractivity contribution is 7.73. The summed E-state index contributed by atoms with van der Waals surface area (Å²) in [5, 5.41) is 106. The molecule has 5 fully saturated rings. The smallest absolute Gasteiger partial charge is 0.222 e. The van der Waals surface area contributed by atoms with Crippen molar-refractivity contribution in [3.8, 4) is 0 Å². The lowest BCUT2D eigenvalue weighted by atomic mass is 10.1. The fourth-order valence-corrected chi connectivity index (χ4v) is 19.7. The zero-order valence-corrected chi connectivity index (χ0v) is 83.4. The number of amidine groups is 5. The standard InChI is InChI=1S/C21H40N3O4PSi.C18H30N3O4P.C17H30N3O3P.C15H26N3O4P.C15H26N3O3P/c1-14-23-19(22)15(13-27-30(8,9)21(2,3)4)12-24(14)20-18(26)17(25)16(28-20)10-11-29(5,6)7;1-7-13-10-21(11(2)19-17(13)20-12(3)22)18-16(24)15(23)14(25-18)8-9-26(4,5)6;1-12-18-14(19(2)3)8-10-20(12)17-16(22-4)15(21)13(23-17)9-11-24(5,6)7;1-9-17-14(16)10(8-19)7-18(9)15-13(21)12(20)11(22-15)5-6-23(2,3)4;1-9-8-18(10(2)17-14(9)16)15-13(20)12(19)11(21-15)6-7-22(3,4)5/h12,16-18,20,25-26H,1,5,10-11,13H2,2-4,6-9H3,(H2,22,23);10,14-16,18,23-24H,2,4,7-9H2,1,3,5-6H3,(H,19,20,22);8,10,13,15-17,21H,1,5,9,11H2,2-4,6-7H3;7,11-13,15,19-21H,1-2,5-6,8H2,3-4H3,(H2,16,17);8,11-13,15,19-20H,2-3,6-7H2,1,4-5H3,(H2,16,17)/t16-,17-,18-,20-;14-,15-,16-,18-;13-,15-,16-,17-;11-,12-,13-,15-;11-,12-,13-,15?/m11111/s1. The van der Waals surface area contributed by atoms with Crippen LogP contribution in [0.15, 0.2) is 146 Å². The van der Waals surface area contributed by atoms with Crippen LogP contribution in [0, 0.1) is 0 Å². The molecule has 0 bridgehead atoms. The molecule has 39 heteroatoms. The fraction of sp³-hybridized carbons (Fsp3) is 0.640. The summed E-state index contributed by atoms with van der Waals surface area (Å²) in [6.07, 6.45) is 25.2. The Morgan fingerprint density at radius 1 is 0.496 bits per heavy atom. The maximum atomic E-state index is 11.3. The highest BCUT2D eigenvalue weighted by atomic mass is 31.2. The zero-order chi connectivity index (χ0) is 94.8. The lowest BCUT2D eigenvalue weighted by molar-refractivity contribution is -0.117. The van der Waals surface area contributed by atoms with Crippen molar-refractivity contribution in [1.82, 2.24) is 34.7 Å². The maximum Gasteiger partial charge on any atom is 0.222 e. The van der Waals surface area contributed by atoms with Crippen molar-refractivity contribution in [2.45, 2.75) is 221 Å². The molecule has 10 aliphatic rings. The number of nitrogens with one attached hydrogen (secondary N) is 1. The van der Waals surface area contributed by atoms with Gasteiger partial charge >= 0.3 is 0 Å². The van der Waals surface area contributed by atoms with E-state index in [1.165, 1.54) is 11.8 Å². The first-order valence-corrected chi connectivity index (χ1v) is 60.2. The minimum Gasteiger partial charge on any atom is -0.412 e. The Balaban J connectivity index is 0.000000242. The average molecular weight is 1870 g/mol. The number of hydrogen-bond donors (Lipinski definition) is 14. The van der Waals surface area contributed by atoms with E-state index in [0.29, 0.717) is 96.5 Å². The molecular formula is C86H152N15O18P5Si. The highest BCUT2D eigenvalue weighted by Crippen LogP contribution is 2.46. The second kappa shape index (κ2) is 44.6. The van der Waals surface area contributed by atoms with Crippen LogP contribution in [-0.4, -0.2) is 410 Å². The number of aliphatic hydroxyl groups excluding tert-OH is 10. The van der Waals surface area contributed by atoms with Crippen LogP contribution < -0.4 is 22.5 Å². The van der Waals surface area contributed by atoms with Crippen LogP contribution in [0.2, 0.25) is 18.1 Å². The third-order valence-electron chi connectivity index (χ3n) is 22.8. The van der Waals surface area contributed by atoms with Crippen LogP contribution in [0.1, 0.15) is 80.1 Å². The molecule has 0 aromatic heterocycles. The van der Waals surface area contributed by atoms with E-state index in [9.17, 15) is 55.9 Å². The van der Waals surface area contributed by atoms with E-state index in [2.05, 4.69) is 195 Å². The predicted octanol–water partition coefficient (Wildman–Crippen LogP) is 5.31. The summed E-state index contributed by atoms with van der Waals surface area (Å²) in [7, 11) is 3.48. The molecule has 17 N–H and O–H groups in total. The van der Waals surface area contributed by atoms with Crippen molar-refractivity contribution in [3.05, 3.63) is 121 Å². The Hall–Kier alpha value is -5.54. The second-order valence-electron chi connectivity index (χ2n) is 38.4. The van der Waals surface area contributed by atoms with E-state index < -0.39 is 159 Å². The molecule has 0 saturated carbocycles. The third-order valence-corrected chi connectivity index (χ3v) is 34.6. The maximum absolute atomic E-state index is 11.3. The zero-order valence-electron chi connectivity index (χ0n) is 77.9. The van der Waals surface area contributed by atoms with Gasteiger partial charge in [0.2, 0.25) is 5.91 Å². The SMILES string of the molecule is C=C1N=C(N(C)C)C=CN1[C@@H]1O[C@H](CCP(=C)(C)C)[C@@H](O)[C@H]1OC.C=C1N=C(N)C(C)=CN1C1O[C@H](CCP(=C)(C)C)[C@@H](O)[C@H]1O.C=C1N=C(N)C(CO)=CN1[C@@H]1O[C@H](CCP(=C)(C)C)[C@@H](O)[C@H]1O.C=C1N=C(N)C(CO[Si](C)(C)C(C)(C)C)=CN1[C@@H]1O[C@H](CCP(=C)(C)C)[C@@H](O)[C@H]1O.C=C1N=C(NC(C)=O)C(CC)=CN1[C@@H]1O[C@H](CCP(=C)(C)C)[C@@H](O)[C@H]1O. The van der Waals surface area contributed by atoms with Crippen LogP contribution >= 0.6 is 34.4 Å². The van der Waals surface area contributed by atoms with Crippen molar-refractivity contribution in [3.63, 3.8) is 0 Å². The first-order chi connectivity index (χ1) is 57.4. The molecule has 0 radical (unpaired) electrons. The fourth-order valence-electron chi connectivity index (χ4n) is 14.0. The van der Waals surface area contributed by atoms with Crippen molar-refractivity contribution in [1.29, 1.82) is 0 Å². The van der Waals surface area contributed by atoms with Crippen molar-refractivity contribution in [2.75, 3.05) is 132 Å². The van der Waals surface area contributed by atoms with Gasteiger partial charge < -0.3 is 136 Å². The summed E-state index contributed by atoms with van der Waals surface area (Å²) in [5.41, 5.74) is 20.3. The van der Waals surface area contributed by atoms with E-state index in [1.807, 2.05) is 50.0 Å². The van der Waals surface area contributed by atoms with E-state index in [4.69, 9.17) is 50.0 Å². The molecule has 708 valence electrons. The van der Waals surface area contributed by atoms with Crippen LogP contribution in [0.25, 0.3) is 0 Å². The molecule has 0 aromatic carbocycles. The Bertz CT molecular complexity index is 4450. The van der Waals surface area contributed by atoms with Crippen LogP contribution in [-0.2, 0) is 37.6 Å². The van der Waals surface area contributed by atoms with E-state index in [0.717, 1.165) is 54.2 Å². The van der Waals surface area contributed by atoms with Gasteiger partial charge in [-0.15, -0.1) is 65.9 Å². The average Bonchev–Trinajstić information content (AvgIpc) is 1.50. The topological polar surface area (TPSA) is 455 Å². The quantitative estimate of drug-likeness (QED) is 0.0385. The molecule has 0 aromatic rings. The van der Waals surface area contributed by atoms with Gasteiger partial charge in [-0.05, 0) is 167 Å². The largest absolute Gasteiger partial charge is 0.412 e. The van der Waals surface area contributed by atoms with Crippen molar-refractivity contribution < 1.29 is 88.7 Å². The molecule has 10 aliphatic heterocycles. The molecule has 33 nitrogen and oxygen atoms in total. The number of carbonyl (C=O) groups is 1. The number of carbonyl (C=O) groups excluding carboxylic acids is 1. The Morgan fingerprint density at radius 3 is 1.13 bits per heavy atom. The van der Waals surface area contributed by atoms with Gasteiger partial charge in [-0.25, -0.2) is 25.0 Å². The van der Waals surface area contributed by atoms with Gasteiger partial charge in [0.15, 0.2) is 39.5 Å². The molecule has 0 spiro atoms. The normalized spacial score (nSPS) is 30.6. The second-order valence-corrected chi connectivity index (χ2v) is 64.9. The predicted molar refractivity (Wildman–Crippen MR) is 525 cm³/mol. The Kier molecular flexibility index (Phi) is 38.6. The van der Waals surface area contributed by atoms with E-state index in [1.54, 1.807) is 46.6 Å². The van der Waals surface area contributed by atoms with Gasteiger partial charge in [-0.2, -0.15) is 0 Å². The molecule has 1 unspecified atom stereocenters. The third kappa shape index (κ3) is 30.2. The van der Waals surface area contributed by atoms with Gasteiger partial charge in [-0.1, -0.05) is 60.6 Å². The first kappa shape index (κ1) is 108. The lowest BCUT2D eigenvalue weighted by Crippen LogP contribution is -2.44. The number of nitrogens with two attached hydrogens (primary N) is 3. The molecular weight excluding hydrogens is 1710 g/mol. The summed E-state index contributed by atoms with van der Waals surface area (Å²) in [4.78, 5) is 42.8. The van der Waals surface area contributed by atoms with Gasteiger partial charge in [0, 0.05) is 81.4 Å². The minimum atomic E-state index is -1.97. The molecule has 125 heavy (non-hydrogen) atoms. The summed E-state index contributed by atoms with van der Waals surface area (Å²) in [6, 6.07) is 0. The number of methoxy groups -OCH3 is 1. The number of aliphatic hydroxyl groups is 10. The summed E-state index contributed by atoms with van der Waals surface area (Å²) in [6.45, 7) is 50.9. The van der Waals surface area contributed by atoms with E-state index >= 15 is 0 Å². The monoisotopic (exact) mass is 1870 g/mol. The van der Waals surface area contributed by atoms with Crippen LogP contribution in [0.5, 0.6) is 0 Å². The molecule has 5 saturated heterocycles.